The lowest BCUT2D eigenvalue weighted by atomic mass is 10.0. The van der Waals surface area contributed by atoms with Crippen LogP contribution in [-0.2, 0) is 0 Å². The smallest absolute Gasteiger partial charge is 0.137 e. The highest BCUT2D eigenvalue weighted by molar-refractivity contribution is 5.42. The fraction of sp³-hybridized carbons (Fsp3) is 0.667. The van der Waals surface area contributed by atoms with E-state index in [1.54, 1.807) is 0 Å². The van der Waals surface area contributed by atoms with Gasteiger partial charge in [-0.25, -0.2) is 0 Å². The monoisotopic (exact) mass is 292 g/mol. The highest BCUT2D eigenvalue weighted by Crippen LogP contribution is 2.24. The third kappa shape index (κ3) is 4.45. The van der Waals surface area contributed by atoms with Gasteiger partial charge in [-0.3, -0.25) is 0 Å². The van der Waals surface area contributed by atoms with Crippen LogP contribution in [0.1, 0.15) is 42.9 Å². The highest BCUT2D eigenvalue weighted by atomic mass is 16.5. The van der Waals surface area contributed by atoms with Crippen molar-refractivity contribution in [3.63, 3.8) is 0 Å². The molecule has 1 saturated heterocycles. The number of aryl methyl sites for hydroxylation is 3. The van der Waals surface area contributed by atoms with Crippen molar-refractivity contribution in [2.75, 3.05) is 19.7 Å². The molecular formula is C18H30NO2+. The van der Waals surface area contributed by atoms with Gasteiger partial charge in [-0.05, 0) is 58.1 Å². The van der Waals surface area contributed by atoms with Gasteiger partial charge in [0.1, 0.15) is 25.0 Å². The number of rotatable bonds is 5. The molecule has 1 aromatic rings. The quantitative estimate of drug-likeness (QED) is 0.868. The van der Waals surface area contributed by atoms with Gasteiger partial charge in [-0.2, -0.15) is 0 Å². The molecule has 118 valence electrons. The number of hydrogen-bond donors (Lipinski definition) is 2. The van der Waals surface area contributed by atoms with E-state index in [9.17, 15) is 5.11 Å². The molecule has 0 aromatic heterocycles. The second-order valence-corrected chi connectivity index (χ2v) is 6.70. The summed E-state index contributed by atoms with van der Waals surface area (Å²) < 4.78 is 5.90. The molecule has 0 bridgehead atoms. The molecule has 21 heavy (non-hydrogen) atoms. The zero-order valence-electron chi connectivity index (χ0n) is 13.9. The van der Waals surface area contributed by atoms with Gasteiger partial charge in [0.2, 0.25) is 0 Å². The van der Waals surface area contributed by atoms with E-state index in [1.165, 1.54) is 36.3 Å². The molecule has 3 nitrogen and oxygen atoms in total. The topological polar surface area (TPSA) is 33.9 Å². The summed E-state index contributed by atoms with van der Waals surface area (Å²) in [6, 6.07) is 4.93. The molecule has 3 atom stereocenters. The predicted octanol–water partition coefficient (Wildman–Crippen LogP) is 1.81. The Balaban J connectivity index is 1.88. The first-order chi connectivity index (χ1) is 9.97. The van der Waals surface area contributed by atoms with Crippen LogP contribution in [0.2, 0.25) is 0 Å². The molecule has 1 aliphatic rings. The van der Waals surface area contributed by atoms with E-state index in [0.717, 1.165) is 23.4 Å². The van der Waals surface area contributed by atoms with Gasteiger partial charge < -0.3 is 14.7 Å². The summed E-state index contributed by atoms with van der Waals surface area (Å²) in [5.74, 6) is 0.932. The first kappa shape index (κ1) is 16.3. The van der Waals surface area contributed by atoms with E-state index < -0.39 is 0 Å². The third-order valence-electron chi connectivity index (χ3n) is 4.60. The molecule has 0 saturated carbocycles. The Morgan fingerprint density at radius 2 is 1.90 bits per heavy atom. The van der Waals surface area contributed by atoms with Gasteiger partial charge >= 0.3 is 0 Å². The Morgan fingerprint density at radius 3 is 2.52 bits per heavy atom. The number of piperidine rings is 1. The minimum Gasteiger partial charge on any atom is -0.490 e. The lowest BCUT2D eigenvalue weighted by molar-refractivity contribution is -0.931. The lowest BCUT2D eigenvalue weighted by Crippen LogP contribution is -3.17. The molecule has 0 spiro atoms. The van der Waals surface area contributed by atoms with Crippen molar-refractivity contribution in [3.05, 3.63) is 28.8 Å². The van der Waals surface area contributed by atoms with Crippen LogP contribution in [0.15, 0.2) is 12.1 Å². The molecule has 2 N–H and O–H groups in total. The van der Waals surface area contributed by atoms with Crippen molar-refractivity contribution in [3.8, 4) is 5.75 Å². The Hall–Kier alpha value is -1.06. The molecule has 1 heterocycles. The molecule has 2 rings (SSSR count). The first-order valence-electron chi connectivity index (χ1n) is 8.20. The maximum atomic E-state index is 10.3. The number of hydrogen-bond acceptors (Lipinski definition) is 2. The summed E-state index contributed by atoms with van der Waals surface area (Å²) in [5.41, 5.74) is 3.56. The van der Waals surface area contributed by atoms with Crippen molar-refractivity contribution >= 4 is 0 Å². The number of benzene rings is 1. The second kappa shape index (κ2) is 7.28. The van der Waals surface area contributed by atoms with Gasteiger partial charge in [0.05, 0.1) is 12.6 Å². The summed E-state index contributed by atoms with van der Waals surface area (Å²) >= 11 is 0. The van der Waals surface area contributed by atoms with Crippen LogP contribution in [0.5, 0.6) is 5.75 Å². The molecular weight excluding hydrogens is 262 g/mol. The minimum atomic E-state index is -0.388. The maximum Gasteiger partial charge on any atom is 0.137 e. The van der Waals surface area contributed by atoms with Crippen LogP contribution in [0.25, 0.3) is 0 Å². The molecule has 3 heteroatoms. The average Bonchev–Trinajstić information content (AvgIpc) is 2.40. The van der Waals surface area contributed by atoms with Crippen molar-refractivity contribution in [1.29, 1.82) is 0 Å². The summed E-state index contributed by atoms with van der Waals surface area (Å²) in [6.07, 6.45) is 3.50. The van der Waals surface area contributed by atoms with E-state index >= 15 is 0 Å². The number of likely N-dealkylation sites (tertiary alicyclic amines) is 1. The second-order valence-electron chi connectivity index (χ2n) is 6.70. The standard InChI is InChI=1S/C18H29NO2/c1-13-9-14(2)18(15(3)10-13)21-12-17(20)11-19-8-6-5-7-16(19)4/h9-10,16-17,20H,5-8,11-12H2,1-4H3/p+1/t16-,17+/m0/s1. The van der Waals surface area contributed by atoms with E-state index in [-0.39, 0.29) is 6.10 Å². The Bertz CT molecular complexity index is 449. The Labute approximate surface area is 128 Å². The summed E-state index contributed by atoms with van der Waals surface area (Å²) in [7, 11) is 0. The van der Waals surface area contributed by atoms with E-state index in [2.05, 4.69) is 39.8 Å². The fourth-order valence-corrected chi connectivity index (χ4v) is 3.49. The molecule has 0 aliphatic carbocycles. The molecule has 1 aliphatic heterocycles. The van der Waals surface area contributed by atoms with Crippen molar-refractivity contribution < 1.29 is 14.7 Å². The Morgan fingerprint density at radius 1 is 1.24 bits per heavy atom. The van der Waals surface area contributed by atoms with E-state index in [0.29, 0.717) is 12.6 Å². The van der Waals surface area contributed by atoms with Gasteiger partial charge in [0.25, 0.3) is 0 Å². The normalized spacial score (nSPS) is 23.9. The van der Waals surface area contributed by atoms with Crippen LogP contribution < -0.4 is 9.64 Å². The highest BCUT2D eigenvalue weighted by Gasteiger charge is 2.24. The zero-order valence-corrected chi connectivity index (χ0v) is 13.9. The van der Waals surface area contributed by atoms with Gasteiger partial charge in [-0.15, -0.1) is 0 Å². The molecule has 1 aromatic carbocycles. The predicted molar refractivity (Wildman–Crippen MR) is 86.2 cm³/mol. The summed E-state index contributed by atoms with van der Waals surface area (Å²) in [4.78, 5) is 1.52. The fourth-order valence-electron chi connectivity index (χ4n) is 3.49. The minimum absolute atomic E-state index is 0.388. The number of nitrogens with one attached hydrogen (secondary N) is 1. The van der Waals surface area contributed by atoms with Crippen LogP contribution in [-0.4, -0.2) is 36.9 Å². The van der Waals surface area contributed by atoms with Gasteiger partial charge in [0, 0.05) is 0 Å². The molecule has 0 radical (unpaired) electrons. The number of ether oxygens (including phenoxy) is 1. The van der Waals surface area contributed by atoms with Gasteiger partial charge in [0.15, 0.2) is 0 Å². The molecule has 1 unspecified atom stereocenters. The van der Waals surface area contributed by atoms with Crippen molar-refractivity contribution in [2.24, 2.45) is 0 Å². The van der Waals surface area contributed by atoms with Crippen LogP contribution in [0.3, 0.4) is 0 Å². The zero-order chi connectivity index (χ0) is 15.4. The first-order valence-corrected chi connectivity index (χ1v) is 8.20. The van der Waals surface area contributed by atoms with Gasteiger partial charge in [-0.1, -0.05) is 17.7 Å². The maximum absolute atomic E-state index is 10.3. The number of quaternary nitrogens is 1. The number of aliphatic hydroxyl groups excluding tert-OH is 1. The van der Waals surface area contributed by atoms with Crippen LogP contribution in [0, 0.1) is 20.8 Å². The van der Waals surface area contributed by atoms with Crippen LogP contribution in [0.4, 0.5) is 0 Å². The van der Waals surface area contributed by atoms with Crippen LogP contribution >= 0.6 is 0 Å². The largest absolute Gasteiger partial charge is 0.490 e. The summed E-state index contributed by atoms with van der Waals surface area (Å²) in [6.45, 7) is 10.9. The lowest BCUT2D eigenvalue weighted by Gasteiger charge is -2.31. The Kier molecular flexibility index (Phi) is 5.65. The molecule has 1 fully saturated rings. The van der Waals surface area contributed by atoms with Crippen molar-refractivity contribution in [2.45, 2.75) is 59.1 Å². The average molecular weight is 292 g/mol. The SMILES string of the molecule is Cc1cc(C)c(OC[C@H](O)C[NH+]2CCCC[C@@H]2C)c(C)c1. The summed E-state index contributed by atoms with van der Waals surface area (Å²) in [5, 5.41) is 10.3. The van der Waals surface area contributed by atoms with E-state index in [1.807, 2.05) is 0 Å². The van der Waals surface area contributed by atoms with Crippen molar-refractivity contribution in [1.82, 2.24) is 0 Å². The number of aliphatic hydroxyl groups is 1. The van der Waals surface area contributed by atoms with E-state index in [4.69, 9.17) is 4.74 Å². The third-order valence-corrected chi connectivity index (χ3v) is 4.60. The molecule has 0 amide bonds.